The summed E-state index contributed by atoms with van der Waals surface area (Å²) in [5.41, 5.74) is 0. The zero-order chi connectivity index (χ0) is 7.82. The van der Waals surface area contributed by atoms with E-state index in [0.717, 1.165) is 12.8 Å². The third kappa shape index (κ3) is 13.9. The summed E-state index contributed by atoms with van der Waals surface area (Å²) in [6, 6.07) is 0. The monoisotopic (exact) mass is 232 g/mol. The average molecular weight is 232 g/mol. The maximum atomic E-state index is 10.0. The molecule has 0 saturated carbocycles. The predicted octanol–water partition coefficient (Wildman–Crippen LogP) is 2.05. The molecule has 3 heteroatoms. The summed E-state index contributed by atoms with van der Waals surface area (Å²) in [6.45, 7) is 2.15. The van der Waals surface area contributed by atoms with Crippen LogP contribution in [0.25, 0.3) is 0 Å². The van der Waals surface area contributed by atoms with Crippen molar-refractivity contribution in [3.63, 3.8) is 0 Å². The Kier molecular flexibility index (Phi) is 14.4. The van der Waals surface area contributed by atoms with Crippen molar-refractivity contribution < 1.29 is 9.90 Å². The molecule has 0 aromatic heterocycles. The van der Waals surface area contributed by atoms with Gasteiger partial charge in [-0.25, -0.2) is 0 Å². The van der Waals surface area contributed by atoms with Crippen LogP contribution in [0.5, 0.6) is 0 Å². The SMILES string of the molecule is CCCCCCCC(=O)O.[Sr]. The third-order valence-corrected chi connectivity index (χ3v) is 1.49. The van der Waals surface area contributed by atoms with E-state index in [0.29, 0.717) is 6.42 Å². The second-order valence-corrected chi connectivity index (χ2v) is 2.56. The van der Waals surface area contributed by atoms with Gasteiger partial charge in [-0.2, -0.15) is 0 Å². The van der Waals surface area contributed by atoms with E-state index in [9.17, 15) is 4.79 Å². The minimum Gasteiger partial charge on any atom is -0.481 e. The molecule has 0 saturated heterocycles. The van der Waals surface area contributed by atoms with Crippen LogP contribution in [0.4, 0.5) is 0 Å². The van der Waals surface area contributed by atoms with E-state index in [4.69, 9.17) is 5.11 Å². The second kappa shape index (κ2) is 11.0. The summed E-state index contributed by atoms with van der Waals surface area (Å²) >= 11 is 0. The van der Waals surface area contributed by atoms with Crippen LogP contribution in [0.2, 0.25) is 0 Å². The molecule has 0 rings (SSSR count). The van der Waals surface area contributed by atoms with Crippen molar-refractivity contribution in [2.24, 2.45) is 0 Å². The van der Waals surface area contributed by atoms with E-state index in [2.05, 4.69) is 6.92 Å². The molecule has 1 N–H and O–H groups in total. The zero-order valence-electron chi connectivity index (χ0n) is 7.31. The standard InChI is InChI=1S/C8H16O2.Sr/c1-2-3-4-5-6-7-8(9)10;/h2-7H2,1H3,(H,9,10);. The van der Waals surface area contributed by atoms with Gasteiger partial charge in [0.1, 0.15) is 0 Å². The van der Waals surface area contributed by atoms with Gasteiger partial charge in [-0.1, -0.05) is 32.6 Å². The summed E-state index contributed by atoms with van der Waals surface area (Å²) in [4.78, 5) is 10.0. The van der Waals surface area contributed by atoms with Gasteiger partial charge in [0.2, 0.25) is 0 Å². The number of carbonyl (C=O) groups is 1. The number of hydrogen-bond donors (Lipinski definition) is 1. The van der Waals surface area contributed by atoms with Gasteiger partial charge in [0.15, 0.2) is 0 Å². The molecule has 0 amide bonds. The van der Waals surface area contributed by atoms with Gasteiger partial charge >= 0.3 is 5.97 Å². The number of hydrogen-bond acceptors (Lipinski definition) is 1. The maximum Gasteiger partial charge on any atom is 0.303 e. The Balaban J connectivity index is 0. The summed E-state index contributed by atoms with van der Waals surface area (Å²) in [5.74, 6) is -0.670. The van der Waals surface area contributed by atoms with Gasteiger partial charge < -0.3 is 5.11 Å². The van der Waals surface area contributed by atoms with Crippen LogP contribution in [-0.2, 0) is 4.79 Å². The fourth-order valence-corrected chi connectivity index (χ4v) is 0.880. The Bertz CT molecular complexity index is 94.1. The minimum atomic E-state index is -0.670. The number of unbranched alkanes of at least 4 members (excludes halogenated alkanes) is 4. The predicted molar refractivity (Wildman–Crippen MR) is 46.8 cm³/mol. The summed E-state index contributed by atoms with van der Waals surface area (Å²) in [7, 11) is 0. The number of carboxylic acids is 1. The van der Waals surface area contributed by atoms with Crippen LogP contribution in [0, 0.1) is 0 Å². The van der Waals surface area contributed by atoms with Crippen molar-refractivity contribution >= 4 is 51.5 Å². The van der Waals surface area contributed by atoms with E-state index in [1.165, 1.54) is 19.3 Å². The molecule has 0 aliphatic carbocycles. The average Bonchev–Trinajstić information content (AvgIpc) is 1.87. The molecular weight excluding hydrogens is 216 g/mol. The molecule has 0 aliphatic rings. The van der Waals surface area contributed by atoms with E-state index in [1.807, 2.05) is 0 Å². The van der Waals surface area contributed by atoms with Gasteiger partial charge in [0.05, 0.1) is 0 Å². The van der Waals surface area contributed by atoms with Gasteiger partial charge in [0.25, 0.3) is 0 Å². The molecule has 0 unspecified atom stereocenters. The first-order chi connectivity index (χ1) is 4.77. The van der Waals surface area contributed by atoms with E-state index < -0.39 is 5.97 Å². The van der Waals surface area contributed by atoms with Crippen LogP contribution in [0.1, 0.15) is 45.4 Å². The Labute approximate surface area is 106 Å². The van der Waals surface area contributed by atoms with Crippen LogP contribution in [0.3, 0.4) is 0 Å². The first-order valence-electron chi connectivity index (χ1n) is 3.99. The van der Waals surface area contributed by atoms with Crippen LogP contribution < -0.4 is 0 Å². The molecule has 0 bridgehead atoms. The quantitative estimate of drug-likeness (QED) is 0.561. The minimum absolute atomic E-state index is 0. The van der Waals surface area contributed by atoms with Crippen LogP contribution >= 0.6 is 0 Å². The fourth-order valence-electron chi connectivity index (χ4n) is 0.880. The summed E-state index contributed by atoms with van der Waals surface area (Å²) < 4.78 is 0. The summed E-state index contributed by atoms with van der Waals surface area (Å²) in [5, 5.41) is 8.27. The molecule has 2 nitrogen and oxygen atoms in total. The molecular formula is C8H16O2Sr. The van der Waals surface area contributed by atoms with E-state index in [1.54, 1.807) is 0 Å². The van der Waals surface area contributed by atoms with Crippen molar-refractivity contribution in [2.45, 2.75) is 45.4 Å². The van der Waals surface area contributed by atoms with E-state index in [-0.39, 0.29) is 45.5 Å². The molecule has 11 heavy (non-hydrogen) atoms. The third-order valence-electron chi connectivity index (χ3n) is 1.49. The first kappa shape index (κ1) is 14.5. The van der Waals surface area contributed by atoms with E-state index >= 15 is 0 Å². The first-order valence-corrected chi connectivity index (χ1v) is 3.99. The molecule has 62 valence electrons. The molecule has 0 heterocycles. The largest absolute Gasteiger partial charge is 0.481 e. The zero-order valence-corrected chi connectivity index (χ0v) is 10.8. The molecule has 0 spiro atoms. The molecule has 0 aliphatic heterocycles. The number of carboxylic acid groups (broad SMARTS) is 1. The molecule has 0 aromatic carbocycles. The van der Waals surface area contributed by atoms with Crippen molar-refractivity contribution in [1.29, 1.82) is 0 Å². The topological polar surface area (TPSA) is 37.3 Å². The number of rotatable bonds is 6. The Morgan fingerprint density at radius 2 is 1.73 bits per heavy atom. The Morgan fingerprint density at radius 1 is 1.18 bits per heavy atom. The Morgan fingerprint density at radius 3 is 2.18 bits per heavy atom. The van der Waals surface area contributed by atoms with Crippen LogP contribution in [-0.4, -0.2) is 56.6 Å². The second-order valence-electron chi connectivity index (χ2n) is 2.56. The van der Waals surface area contributed by atoms with Gasteiger partial charge in [0, 0.05) is 51.9 Å². The van der Waals surface area contributed by atoms with Crippen molar-refractivity contribution in [3.05, 3.63) is 0 Å². The fraction of sp³-hybridized carbons (Fsp3) is 0.875. The Hall–Kier alpha value is 0.951. The normalized spacial score (nSPS) is 8.82. The van der Waals surface area contributed by atoms with Crippen molar-refractivity contribution in [2.75, 3.05) is 0 Å². The number of aliphatic carboxylic acids is 1. The van der Waals surface area contributed by atoms with Gasteiger partial charge in [-0.15, -0.1) is 0 Å². The molecule has 0 fully saturated rings. The van der Waals surface area contributed by atoms with Crippen LogP contribution in [0.15, 0.2) is 0 Å². The smallest absolute Gasteiger partial charge is 0.303 e. The van der Waals surface area contributed by atoms with Gasteiger partial charge in [-0.3, -0.25) is 4.79 Å². The molecule has 2 radical (unpaired) electrons. The molecule has 0 atom stereocenters. The molecule has 0 aromatic rings. The maximum absolute atomic E-state index is 10.0. The van der Waals surface area contributed by atoms with Crippen molar-refractivity contribution in [3.8, 4) is 0 Å². The summed E-state index contributed by atoms with van der Waals surface area (Å²) in [6.07, 6.45) is 5.88. The van der Waals surface area contributed by atoms with Gasteiger partial charge in [-0.05, 0) is 6.42 Å². The van der Waals surface area contributed by atoms with Crippen molar-refractivity contribution in [1.82, 2.24) is 0 Å².